The van der Waals surface area contributed by atoms with Crippen molar-refractivity contribution in [2.75, 3.05) is 0 Å². The lowest BCUT2D eigenvalue weighted by Crippen LogP contribution is -2.25. The van der Waals surface area contributed by atoms with Crippen LogP contribution in [0.15, 0.2) is 45.7 Å². The predicted octanol–water partition coefficient (Wildman–Crippen LogP) is 2.97. The molecule has 98 valence electrons. The van der Waals surface area contributed by atoms with E-state index in [1.54, 1.807) is 10.6 Å². The normalized spacial score (nSPS) is 18.1. The van der Waals surface area contributed by atoms with Crippen molar-refractivity contribution in [2.24, 2.45) is 0 Å². The summed E-state index contributed by atoms with van der Waals surface area (Å²) in [6.07, 6.45) is 2.06. The van der Waals surface area contributed by atoms with Gasteiger partial charge in [0.1, 0.15) is 0 Å². The zero-order valence-electron chi connectivity index (χ0n) is 10.3. The number of pyridine rings is 1. The van der Waals surface area contributed by atoms with Gasteiger partial charge in [0.25, 0.3) is 5.56 Å². The van der Waals surface area contributed by atoms with Crippen LogP contribution in [0.5, 0.6) is 0 Å². The SMILES string of the molecule is O=c1ccc2c(n1-c1ccc(Br)cc1)CCCC2O. The average molecular weight is 320 g/mol. The van der Waals surface area contributed by atoms with Crippen LogP contribution in [0.1, 0.15) is 30.2 Å². The number of benzene rings is 1. The van der Waals surface area contributed by atoms with Crippen LogP contribution in [-0.4, -0.2) is 9.67 Å². The molecule has 1 unspecified atom stereocenters. The van der Waals surface area contributed by atoms with E-state index in [1.807, 2.05) is 24.3 Å². The summed E-state index contributed by atoms with van der Waals surface area (Å²) >= 11 is 3.39. The van der Waals surface area contributed by atoms with Gasteiger partial charge in [-0.2, -0.15) is 0 Å². The molecule has 1 aliphatic rings. The molecule has 1 aromatic heterocycles. The Hall–Kier alpha value is -1.39. The summed E-state index contributed by atoms with van der Waals surface area (Å²) in [4.78, 5) is 12.2. The number of aliphatic hydroxyl groups is 1. The standard InChI is InChI=1S/C15H14BrNO2/c16-10-4-6-11(7-5-10)17-13-2-1-3-14(18)12(13)8-9-15(17)19/h4-9,14,18H,1-3H2. The van der Waals surface area contributed by atoms with Crippen molar-refractivity contribution >= 4 is 15.9 Å². The van der Waals surface area contributed by atoms with Crippen LogP contribution in [-0.2, 0) is 6.42 Å². The van der Waals surface area contributed by atoms with Gasteiger partial charge in [-0.3, -0.25) is 9.36 Å². The van der Waals surface area contributed by atoms with Gasteiger partial charge in [-0.25, -0.2) is 0 Å². The van der Waals surface area contributed by atoms with Crippen molar-refractivity contribution in [3.8, 4) is 5.69 Å². The lowest BCUT2D eigenvalue weighted by molar-refractivity contribution is 0.155. The molecule has 0 spiro atoms. The number of aromatic nitrogens is 1. The Morgan fingerprint density at radius 1 is 1.16 bits per heavy atom. The predicted molar refractivity (Wildman–Crippen MR) is 77.6 cm³/mol. The second-order valence-electron chi connectivity index (χ2n) is 4.79. The molecule has 1 aliphatic carbocycles. The molecule has 0 radical (unpaired) electrons. The highest BCUT2D eigenvalue weighted by Gasteiger charge is 2.21. The van der Waals surface area contributed by atoms with Gasteiger partial charge in [0, 0.05) is 27.5 Å². The topological polar surface area (TPSA) is 42.2 Å². The first-order valence-corrected chi connectivity index (χ1v) is 7.15. The van der Waals surface area contributed by atoms with Crippen molar-refractivity contribution in [3.63, 3.8) is 0 Å². The van der Waals surface area contributed by atoms with Crippen LogP contribution in [0.25, 0.3) is 5.69 Å². The molecule has 3 nitrogen and oxygen atoms in total. The fourth-order valence-electron chi connectivity index (χ4n) is 2.65. The van der Waals surface area contributed by atoms with Crippen molar-refractivity contribution in [1.29, 1.82) is 0 Å². The van der Waals surface area contributed by atoms with E-state index in [9.17, 15) is 9.90 Å². The molecule has 1 heterocycles. The van der Waals surface area contributed by atoms with Crippen LogP contribution in [0, 0.1) is 0 Å². The van der Waals surface area contributed by atoms with Gasteiger partial charge in [0.05, 0.1) is 6.10 Å². The fourth-order valence-corrected chi connectivity index (χ4v) is 2.91. The van der Waals surface area contributed by atoms with Gasteiger partial charge in [0.2, 0.25) is 0 Å². The second kappa shape index (κ2) is 4.94. The van der Waals surface area contributed by atoms with Gasteiger partial charge >= 0.3 is 0 Å². The molecule has 3 rings (SSSR count). The minimum Gasteiger partial charge on any atom is -0.388 e. The first kappa shape index (κ1) is 12.6. The van der Waals surface area contributed by atoms with Gasteiger partial charge in [-0.05, 0) is 49.6 Å². The van der Waals surface area contributed by atoms with Gasteiger partial charge in [-0.1, -0.05) is 15.9 Å². The fraction of sp³-hybridized carbons (Fsp3) is 0.267. The molecular formula is C15H14BrNO2. The second-order valence-corrected chi connectivity index (χ2v) is 5.71. The number of rotatable bonds is 1. The Morgan fingerprint density at radius 3 is 2.63 bits per heavy atom. The minimum absolute atomic E-state index is 0.0461. The number of fused-ring (bicyclic) bond motifs is 1. The highest BCUT2D eigenvalue weighted by atomic mass is 79.9. The Kier molecular flexibility index (Phi) is 3.29. The van der Waals surface area contributed by atoms with E-state index < -0.39 is 6.10 Å². The van der Waals surface area contributed by atoms with Gasteiger partial charge in [0.15, 0.2) is 0 Å². The third kappa shape index (κ3) is 2.26. The molecule has 0 bridgehead atoms. The van der Waals surface area contributed by atoms with Crippen molar-refractivity contribution in [1.82, 2.24) is 4.57 Å². The highest BCUT2D eigenvalue weighted by molar-refractivity contribution is 9.10. The molecule has 2 aromatic rings. The van der Waals surface area contributed by atoms with E-state index in [0.717, 1.165) is 40.7 Å². The minimum atomic E-state index is -0.453. The summed E-state index contributed by atoms with van der Waals surface area (Å²) in [5.41, 5.74) is 2.62. The summed E-state index contributed by atoms with van der Waals surface area (Å²) in [5, 5.41) is 10.0. The summed E-state index contributed by atoms with van der Waals surface area (Å²) in [6, 6.07) is 11.0. The maximum atomic E-state index is 12.2. The van der Waals surface area contributed by atoms with E-state index in [1.165, 1.54) is 6.07 Å². The molecular weight excluding hydrogens is 306 g/mol. The zero-order chi connectivity index (χ0) is 13.4. The Balaban J connectivity index is 2.23. The average Bonchev–Trinajstić information content (AvgIpc) is 2.40. The number of aliphatic hydroxyl groups excluding tert-OH is 1. The van der Waals surface area contributed by atoms with Gasteiger partial charge < -0.3 is 5.11 Å². The summed E-state index contributed by atoms with van der Waals surface area (Å²) in [6.45, 7) is 0. The van der Waals surface area contributed by atoms with Crippen LogP contribution in [0.2, 0.25) is 0 Å². The monoisotopic (exact) mass is 319 g/mol. The van der Waals surface area contributed by atoms with E-state index in [-0.39, 0.29) is 5.56 Å². The molecule has 1 aromatic carbocycles. The molecule has 0 saturated carbocycles. The molecule has 0 amide bonds. The molecule has 0 saturated heterocycles. The van der Waals surface area contributed by atoms with Crippen molar-refractivity contribution < 1.29 is 5.11 Å². The quantitative estimate of drug-likeness (QED) is 0.878. The first-order chi connectivity index (χ1) is 9.16. The molecule has 19 heavy (non-hydrogen) atoms. The summed E-state index contributed by atoms with van der Waals surface area (Å²) in [5.74, 6) is 0. The Morgan fingerprint density at radius 2 is 1.89 bits per heavy atom. The van der Waals surface area contributed by atoms with E-state index in [2.05, 4.69) is 15.9 Å². The zero-order valence-corrected chi connectivity index (χ0v) is 11.9. The maximum Gasteiger partial charge on any atom is 0.255 e. The van der Waals surface area contributed by atoms with Crippen molar-refractivity contribution in [3.05, 3.63) is 62.5 Å². The first-order valence-electron chi connectivity index (χ1n) is 6.35. The van der Waals surface area contributed by atoms with Crippen LogP contribution < -0.4 is 5.56 Å². The number of hydrogen-bond acceptors (Lipinski definition) is 2. The van der Waals surface area contributed by atoms with Crippen LogP contribution in [0.3, 0.4) is 0 Å². The third-order valence-electron chi connectivity index (χ3n) is 3.56. The van der Waals surface area contributed by atoms with E-state index in [4.69, 9.17) is 0 Å². The Bertz CT molecular complexity index is 661. The number of nitrogens with zero attached hydrogens (tertiary/aromatic N) is 1. The maximum absolute atomic E-state index is 12.2. The number of hydrogen-bond donors (Lipinski definition) is 1. The molecule has 1 atom stereocenters. The largest absolute Gasteiger partial charge is 0.388 e. The molecule has 4 heteroatoms. The lowest BCUT2D eigenvalue weighted by Gasteiger charge is -2.24. The van der Waals surface area contributed by atoms with E-state index >= 15 is 0 Å². The van der Waals surface area contributed by atoms with Gasteiger partial charge in [-0.15, -0.1) is 0 Å². The third-order valence-corrected chi connectivity index (χ3v) is 4.09. The molecule has 1 N–H and O–H groups in total. The summed E-state index contributed by atoms with van der Waals surface area (Å²) in [7, 11) is 0. The number of halogens is 1. The smallest absolute Gasteiger partial charge is 0.255 e. The molecule has 0 aliphatic heterocycles. The molecule has 0 fully saturated rings. The lowest BCUT2D eigenvalue weighted by atomic mass is 9.93. The van der Waals surface area contributed by atoms with Crippen molar-refractivity contribution in [2.45, 2.75) is 25.4 Å². The van der Waals surface area contributed by atoms with E-state index in [0.29, 0.717) is 0 Å². The Labute approximate surface area is 119 Å². The summed E-state index contributed by atoms with van der Waals surface area (Å²) < 4.78 is 2.69. The highest BCUT2D eigenvalue weighted by Crippen LogP contribution is 2.29. The van der Waals surface area contributed by atoms with Crippen LogP contribution in [0.4, 0.5) is 0 Å². The van der Waals surface area contributed by atoms with Crippen LogP contribution >= 0.6 is 15.9 Å².